The van der Waals surface area contributed by atoms with Gasteiger partial charge in [-0.1, -0.05) is 36.5 Å². The molecule has 0 N–H and O–H groups in total. The molecule has 0 bridgehead atoms. The zero-order valence-electron chi connectivity index (χ0n) is 8.06. The molecule has 1 heterocycles. The summed E-state index contributed by atoms with van der Waals surface area (Å²) in [5.41, 5.74) is 2.44. The van der Waals surface area contributed by atoms with Crippen molar-refractivity contribution in [2.45, 2.75) is 12.8 Å². The fourth-order valence-corrected chi connectivity index (χ4v) is 1.96. The number of hydrogen-bond donors (Lipinski definition) is 0. The van der Waals surface area contributed by atoms with Gasteiger partial charge in [-0.25, -0.2) is 0 Å². The highest BCUT2D eigenvalue weighted by Crippen LogP contribution is 2.42. The van der Waals surface area contributed by atoms with E-state index in [1.165, 1.54) is 17.7 Å². The predicted octanol–water partition coefficient (Wildman–Crippen LogP) is 3.03. The molecule has 0 aromatic heterocycles. The van der Waals surface area contributed by atoms with Gasteiger partial charge in [-0.05, 0) is 24.3 Å². The monoisotopic (exact) mass is 183 g/mol. The first-order chi connectivity index (χ1) is 6.93. The first kappa shape index (κ1) is 7.98. The first-order valence-corrected chi connectivity index (χ1v) is 5.23. The molecule has 1 nitrogen and oxygen atoms in total. The van der Waals surface area contributed by atoms with Crippen LogP contribution >= 0.6 is 0 Å². The fraction of sp³-hybridized carbons (Fsp3) is 0.308. The molecule has 1 saturated carbocycles. The molecule has 14 heavy (non-hydrogen) atoms. The van der Waals surface area contributed by atoms with E-state index in [4.69, 9.17) is 0 Å². The number of fused-ring (bicyclic) bond motifs is 1. The van der Waals surface area contributed by atoms with Crippen molar-refractivity contribution < 1.29 is 0 Å². The quantitative estimate of drug-likeness (QED) is 0.592. The van der Waals surface area contributed by atoms with Gasteiger partial charge >= 0.3 is 0 Å². The van der Waals surface area contributed by atoms with Gasteiger partial charge in [-0.2, -0.15) is 0 Å². The van der Waals surface area contributed by atoms with Crippen molar-refractivity contribution in [1.82, 2.24) is 0 Å². The molecule has 0 amide bonds. The highest BCUT2D eigenvalue weighted by Gasteiger charge is 2.36. The molecule has 0 aromatic carbocycles. The number of nitrogens with zero attached hydrogens (tertiary/aromatic N) is 1. The van der Waals surface area contributed by atoms with Crippen LogP contribution in [0.4, 0.5) is 0 Å². The molecule has 2 aliphatic carbocycles. The van der Waals surface area contributed by atoms with Crippen LogP contribution in [-0.4, -0.2) is 6.21 Å². The van der Waals surface area contributed by atoms with Crippen molar-refractivity contribution in [1.29, 1.82) is 0 Å². The molecule has 3 aliphatic rings. The molecule has 0 radical (unpaired) electrons. The van der Waals surface area contributed by atoms with Crippen molar-refractivity contribution in [2.24, 2.45) is 16.8 Å². The summed E-state index contributed by atoms with van der Waals surface area (Å²) in [6, 6.07) is 0. The van der Waals surface area contributed by atoms with Crippen LogP contribution in [0, 0.1) is 11.8 Å². The average molecular weight is 183 g/mol. The van der Waals surface area contributed by atoms with Crippen molar-refractivity contribution in [2.75, 3.05) is 0 Å². The summed E-state index contributed by atoms with van der Waals surface area (Å²) in [7, 11) is 0. The summed E-state index contributed by atoms with van der Waals surface area (Å²) in [6.07, 6.45) is 17.5. The number of allylic oxidation sites excluding steroid dienone is 6. The minimum atomic E-state index is 0.757. The third-order valence-corrected chi connectivity index (χ3v) is 2.96. The van der Waals surface area contributed by atoms with Gasteiger partial charge in [0.1, 0.15) is 0 Å². The van der Waals surface area contributed by atoms with Crippen LogP contribution in [0.5, 0.6) is 0 Å². The lowest BCUT2D eigenvalue weighted by atomic mass is 10.1. The highest BCUT2D eigenvalue weighted by atomic mass is 14.8. The Kier molecular flexibility index (Phi) is 1.76. The smallest absolute Gasteiger partial charge is 0.0658 e. The van der Waals surface area contributed by atoms with E-state index in [1.54, 1.807) is 0 Å². The Balaban J connectivity index is 1.88. The van der Waals surface area contributed by atoms with Crippen molar-refractivity contribution in [3.8, 4) is 0 Å². The van der Waals surface area contributed by atoms with Gasteiger partial charge in [0.15, 0.2) is 0 Å². The molecule has 3 rings (SSSR count). The summed E-state index contributed by atoms with van der Waals surface area (Å²) in [5, 5.41) is 0. The normalized spacial score (nSPS) is 33.1. The van der Waals surface area contributed by atoms with Gasteiger partial charge in [0.05, 0.1) is 5.70 Å². The molecule has 1 aliphatic heterocycles. The van der Waals surface area contributed by atoms with E-state index in [0.29, 0.717) is 0 Å². The molecule has 2 atom stereocenters. The second-order valence-electron chi connectivity index (χ2n) is 4.08. The van der Waals surface area contributed by atoms with Crippen LogP contribution in [0.3, 0.4) is 0 Å². The molecule has 0 saturated heterocycles. The second-order valence-corrected chi connectivity index (χ2v) is 4.08. The van der Waals surface area contributed by atoms with E-state index in [1.807, 2.05) is 0 Å². The van der Waals surface area contributed by atoms with E-state index in [9.17, 15) is 0 Å². The standard InChI is InChI=1S/C13H13N/c1-2-4-6-10(5-3-1)13-8-11-7-12(11)9-14-13/h1-3,5-6,8-9,11-12H,4,7H2. The lowest BCUT2D eigenvalue weighted by Gasteiger charge is -2.05. The highest BCUT2D eigenvalue weighted by molar-refractivity contribution is 5.70. The average Bonchev–Trinajstić information content (AvgIpc) is 3.01. The topological polar surface area (TPSA) is 12.4 Å². The zero-order valence-corrected chi connectivity index (χ0v) is 8.06. The minimum absolute atomic E-state index is 0.757. The molecule has 2 unspecified atom stereocenters. The number of rotatable bonds is 1. The fourth-order valence-electron chi connectivity index (χ4n) is 1.96. The lowest BCUT2D eigenvalue weighted by Crippen LogP contribution is -1.94. The van der Waals surface area contributed by atoms with Gasteiger partial charge in [-0.15, -0.1) is 0 Å². The Morgan fingerprint density at radius 1 is 1.21 bits per heavy atom. The Labute approximate surface area is 84.2 Å². The summed E-state index contributed by atoms with van der Waals surface area (Å²) in [6.45, 7) is 0. The van der Waals surface area contributed by atoms with Gasteiger partial charge in [0, 0.05) is 12.1 Å². The van der Waals surface area contributed by atoms with Gasteiger partial charge in [0.2, 0.25) is 0 Å². The van der Waals surface area contributed by atoms with E-state index in [0.717, 1.165) is 18.3 Å². The number of aliphatic imine (C=N–C) groups is 1. The first-order valence-electron chi connectivity index (χ1n) is 5.23. The van der Waals surface area contributed by atoms with Crippen LogP contribution in [0.15, 0.2) is 52.7 Å². The maximum absolute atomic E-state index is 4.51. The Hall–Kier alpha value is -1.37. The van der Waals surface area contributed by atoms with Crippen LogP contribution < -0.4 is 0 Å². The van der Waals surface area contributed by atoms with Crippen LogP contribution in [0.1, 0.15) is 12.8 Å². The van der Waals surface area contributed by atoms with Crippen molar-refractivity contribution >= 4 is 6.21 Å². The molecule has 0 spiro atoms. The van der Waals surface area contributed by atoms with E-state index in [2.05, 4.69) is 47.7 Å². The molecule has 1 fully saturated rings. The third-order valence-electron chi connectivity index (χ3n) is 2.96. The summed E-state index contributed by atoms with van der Waals surface area (Å²) in [4.78, 5) is 4.51. The predicted molar refractivity (Wildman–Crippen MR) is 59.2 cm³/mol. The maximum Gasteiger partial charge on any atom is 0.0658 e. The molecule has 0 aromatic rings. The summed E-state index contributed by atoms with van der Waals surface area (Å²) >= 11 is 0. The van der Waals surface area contributed by atoms with Crippen molar-refractivity contribution in [3.63, 3.8) is 0 Å². The maximum atomic E-state index is 4.51. The van der Waals surface area contributed by atoms with Crippen LogP contribution in [0.25, 0.3) is 0 Å². The molecule has 70 valence electrons. The second kappa shape index (κ2) is 3.09. The number of hydrogen-bond acceptors (Lipinski definition) is 1. The van der Waals surface area contributed by atoms with E-state index in [-0.39, 0.29) is 0 Å². The van der Waals surface area contributed by atoms with Crippen molar-refractivity contribution in [3.05, 3.63) is 47.7 Å². The third kappa shape index (κ3) is 1.39. The molecule has 1 heteroatoms. The van der Waals surface area contributed by atoms with Gasteiger partial charge in [-0.3, -0.25) is 4.99 Å². The van der Waals surface area contributed by atoms with E-state index >= 15 is 0 Å². The Morgan fingerprint density at radius 2 is 2.21 bits per heavy atom. The Bertz CT molecular complexity index is 393. The van der Waals surface area contributed by atoms with Gasteiger partial charge in [0.25, 0.3) is 0 Å². The van der Waals surface area contributed by atoms with E-state index < -0.39 is 0 Å². The molecular formula is C13H13N. The molecular weight excluding hydrogens is 170 g/mol. The minimum Gasteiger partial charge on any atom is -0.261 e. The summed E-state index contributed by atoms with van der Waals surface area (Å²) in [5.74, 6) is 1.54. The zero-order chi connectivity index (χ0) is 9.38. The van der Waals surface area contributed by atoms with Crippen LogP contribution in [-0.2, 0) is 0 Å². The SMILES string of the molecule is C1=CCC=C(C2=CC3CC3C=N2)C=C1. The largest absolute Gasteiger partial charge is 0.261 e. The van der Waals surface area contributed by atoms with Crippen LogP contribution in [0.2, 0.25) is 0 Å². The summed E-state index contributed by atoms with van der Waals surface area (Å²) < 4.78 is 0. The lowest BCUT2D eigenvalue weighted by molar-refractivity contribution is 0.999. The van der Waals surface area contributed by atoms with Gasteiger partial charge < -0.3 is 0 Å². The Morgan fingerprint density at radius 3 is 3.14 bits per heavy atom.